The highest BCUT2D eigenvalue weighted by atomic mass is 32.1. The summed E-state index contributed by atoms with van der Waals surface area (Å²) >= 11 is 6.71. The van der Waals surface area contributed by atoms with Gasteiger partial charge >= 0.3 is 5.91 Å². The van der Waals surface area contributed by atoms with Crippen LogP contribution in [0.25, 0.3) is 21.3 Å². The Morgan fingerprint density at radius 2 is 2.00 bits per heavy atom. The van der Waals surface area contributed by atoms with E-state index in [1.54, 1.807) is 6.07 Å². The number of aromatic amines is 1. The number of rotatable bonds is 3. The molecule has 1 aromatic carbocycles. The first-order valence-electron chi connectivity index (χ1n) is 7.75. The predicted octanol–water partition coefficient (Wildman–Crippen LogP) is 4.07. The molecule has 0 atom stereocenters. The molecule has 0 aliphatic heterocycles. The molecule has 0 radical (unpaired) electrons. The number of hydrogen-bond donors (Lipinski definition) is 2. The quantitative estimate of drug-likeness (QED) is 0.523. The van der Waals surface area contributed by atoms with Crippen LogP contribution in [0.3, 0.4) is 0 Å². The van der Waals surface area contributed by atoms with E-state index in [1.165, 1.54) is 23.7 Å². The molecule has 3 aromatic heterocycles. The monoisotopic (exact) mass is 383 g/mol. The van der Waals surface area contributed by atoms with Gasteiger partial charge in [-0.15, -0.1) is 11.3 Å². The fourth-order valence-corrected chi connectivity index (χ4v) is 4.17. The molecule has 0 saturated carbocycles. The smallest absolute Gasteiger partial charge is 0.305 e. The third kappa shape index (κ3) is 2.69. The maximum atomic E-state index is 13.1. The lowest BCUT2D eigenvalue weighted by molar-refractivity contribution is 0.0980. The maximum absolute atomic E-state index is 13.1. The number of hydrogen-bond acceptors (Lipinski definition) is 5. The molecule has 26 heavy (non-hydrogen) atoms. The molecule has 3 heterocycles. The lowest BCUT2D eigenvalue weighted by Gasteiger charge is -2.08. The molecule has 1 amide bonds. The van der Waals surface area contributed by atoms with Gasteiger partial charge in [0.05, 0.1) is 11.6 Å². The first-order valence-corrected chi connectivity index (χ1v) is 8.97. The highest BCUT2D eigenvalue weighted by Crippen LogP contribution is 2.35. The summed E-state index contributed by atoms with van der Waals surface area (Å²) < 4.78 is 6.22. The second-order valence-electron chi connectivity index (χ2n) is 5.59. The molecule has 0 spiro atoms. The van der Waals surface area contributed by atoms with Crippen molar-refractivity contribution >= 4 is 39.7 Å². The average Bonchev–Trinajstić information content (AvgIpc) is 3.27. The van der Waals surface area contributed by atoms with Crippen molar-refractivity contribution in [3.05, 3.63) is 74.5 Å². The second kappa shape index (κ2) is 6.40. The van der Waals surface area contributed by atoms with Gasteiger partial charge < -0.3 is 9.40 Å². The molecule has 0 saturated heterocycles. The van der Waals surface area contributed by atoms with Crippen molar-refractivity contribution in [3.63, 3.8) is 0 Å². The van der Waals surface area contributed by atoms with E-state index in [0.29, 0.717) is 10.2 Å². The molecule has 0 fully saturated rings. The van der Waals surface area contributed by atoms with Crippen LogP contribution >= 0.6 is 23.6 Å². The summed E-state index contributed by atoms with van der Waals surface area (Å²) in [5, 5.41) is 0.493. The zero-order valence-corrected chi connectivity index (χ0v) is 15.2. The standard InChI is InChI=1S/C18H13N3O3S2/c1-10-13(11-6-3-2-4-7-11)14-16(26-10)19-18(25)21(17(14)23)20-15(22)12-8-5-9-24-12/h2-9H,1H3,(H,19,25)(H,20,22). The van der Waals surface area contributed by atoms with Crippen molar-refractivity contribution in [3.8, 4) is 11.1 Å². The van der Waals surface area contributed by atoms with E-state index in [2.05, 4.69) is 10.4 Å². The normalized spacial score (nSPS) is 11.0. The van der Waals surface area contributed by atoms with Crippen molar-refractivity contribution in [1.29, 1.82) is 0 Å². The summed E-state index contributed by atoms with van der Waals surface area (Å²) in [4.78, 5) is 30.1. The fourth-order valence-electron chi connectivity index (χ4n) is 2.81. The van der Waals surface area contributed by atoms with Gasteiger partial charge in [-0.2, -0.15) is 4.68 Å². The molecule has 0 bridgehead atoms. The molecule has 8 heteroatoms. The number of amides is 1. The average molecular weight is 383 g/mol. The number of nitrogens with zero attached hydrogens (tertiary/aromatic N) is 1. The van der Waals surface area contributed by atoms with Crippen molar-refractivity contribution in [1.82, 2.24) is 9.66 Å². The SMILES string of the molecule is Cc1sc2[nH]c(=S)n(NC(=O)c3ccco3)c(=O)c2c1-c1ccccc1. The van der Waals surface area contributed by atoms with Gasteiger partial charge in [0.25, 0.3) is 5.56 Å². The largest absolute Gasteiger partial charge is 0.459 e. The number of aromatic nitrogens is 2. The Labute approximate surface area is 156 Å². The summed E-state index contributed by atoms with van der Waals surface area (Å²) in [5.74, 6) is -0.458. The third-order valence-corrected chi connectivity index (χ3v) is 5.25. The second-order valence-corrected chi connectivity index (χ2v) is 7.20. The summed E-state index contributed by atoms with van der Waals surface area (Å²) in [7, 11) is 0. The van der Waals surface area contributed by atoms with E-state index in [0.717, 1.165) is 20.7 Å². The highest BCUT2D eigenvalue weighted by Gasteiger charge is 2.19. The first kappa shape index (κ1) is 16.5. The fraction of sp³-hybridized carbons (Fsp3) is 0.0556. The predicted molar refractivity (Wildman–Crippen MR) is 104 cm³/mol. The lowest BCUT2D eigenvalue weighted by Crippen LogP contribution is -2.34. The summed E-state index contributed by atoms with van der Waals surface area (Å²) in [5.41, 5.74) is 3.89. The summed E-state index contributed by atoms with van der Waals surface area (Å²) in [6, 6.07) is 12.7. The van der Waals surface area contributed by atoms with Crippen LogP contribution in [0.1, 0.15) is 15.4 Å². The van der Waals surface area contributed by atoms with Gasteiger partial charge in [-0.05, 0) is 36.8 Å². The van der Waals surface area contributed by atoms with Crippen LogP contribution in [0.5, 0.6) is 0 Å². The van der Waals surface area contributed by atoms with Crippen molar-refractivity contribution in [2.75, 3.05) is 5.43 Å². The lowest BCUT2D eigenvalue weighted by atomic mass is 10.0. The van der Waals surface area contributed by atoms with Gasteiger partial charge in [-0.1, -0.05) is 30.3 Å². The molecular weight excluding hydrogens is 370 g/mol. The number of benzene rings is 1. The number of fused-ring (bicyclic) bond motifs is 1. The molecule has 6 nitrogen and oxygen atoms in total. The summed E-state index contributed by atoms with van der Waals surface area (Å²) in [6.07, 6.45) is 1.39. The number of carbonyl (C=O) groups is 1. The molecule has 4 rings (SSSR count). The molecule has 130 valence electrons. The topological polar surface area (TPSA) is 80.0 Å². The number of aryl methyl sites for hydroxylation is 1. The van der Waals surface area contributed by atoms with E-state index < -0.39 is 5.91 Å². The Hall–Kier alpha value is -2.97. The van der Waals surface area contributed by atoms with Gasteiger partial charge in [0.1, 0.15) is 4.83 Å². The van der Waals surface area contributed by atoms with Crippen LogP contribution in [0.2, 0.25) is 0 Å². The Morgan fingerprint density at radius 3 is 2.69 bits per heavy atom. The Kier molecular flexibility index (Phi) is 4.06. The van der Waals surface area contributed by atoms with E-state index in [1.807, 2.05) is 37.3 Å². The number of thiophene rings is 1. The van der Waals surface area contributed by atoms with Crippen LogP contribution in [0, 0.1) is 11.7 Å². The van der Waals surface area contributed by atoms with Crippen molar-refractivity contribution < 1.29 is 9.21 Å². The van der Waals surface area contributed by atoms with E-state index >= 15 is 0 Å². The Balaban J connectivity index is 1.92. The van der Waals surface area contributed by atoms with E-state index in [4.69, 9.17) is 16.6 Å². The van der Waals surface area contributed by atoms with Gasteiger partial charge in [0.2, 0.25) is 4.77 Å². The minimum atomic E-state index is -0.552. The molecule has 0 unspecified atom stereocenters. The van der Waals surface area contributed by atoms with Crippen LogP contribution in [0.4, 0.5) is 0 Å². The van der Waals surface area contributed by atoms with Gasteiger partial charge in [0.15, 0.2) is 5.76 Å². The van der Waals surface area contributed by atoms with Crippen LogP contribution in [0.15, 0.2) is 57.9 Å². The Bertz CT molecular complexity index is 1220. The highest BCUT2D eigenvalue weighted by molar-refractivity contribution is 7.71. The van der Waals surface area contributed by atoms with Crippen LogP contribution in [-0.2, 0) is 0 Å². The zero-order chi connectivity index (χ0) is 18.3. The number of carbonyl (C=O) groups excluding carboxylic acids is 1. The number of nitrogens with one attached hydrogen (secondary N) is 2. The maximum Gasteiger partial charge on any atom is 0.305 e. The van der Waals surface area contributed by atoms with Crippen LogP contribution in [-0.4, -0.2) is 15.6 Å². The minimum absolute atomic E-state index is 0.0937. The Morgan fingerprint density at radius 1 is 1.23 bits per heavy atom. The summed E-state index contributed by atoms with van der Waals surface area (Å²) in [6.45, 7) is 1.95. The molecule has 2 N–H and O–H groups in total. The molecule has 0 aliphatic rings. The van der Waals surface area contributed by atoms with Gasteiger partial charge in [-0.3, -0.25) is 15.0 Å². The van der Waals surface area contributed by atoms with E-state index in [-0.39, 0.29) is 16.1 Å². The minimum Gasteiger partial charge on any atom is -0.459 e. The molecule has 4 aromatic rings. The van der Waals surface area contributed by atoms with E-state index in [9.17, 15) is 9.59 Å². The van der Waals surface area contributed by atoms with Crippen molar-refractivity contribution in [2.45, 2.75) is 6.92 Å². The number of furan rings is 1. The first-order chi connectivity index (χ1) is 12.6. The van der Waals surface area contributed by atoms with Gasteiger partial charge in [0, 0.05) is 10.4 Å². The third-order valence-electron chi connectivity index (χ3n) is 3.95. The van der Waals surface area contributed by atoms with Gasteiger partial charge in [-0.25, -0.2) is 0 Å². The molecule has 0 aliphatic carbocycles. The van der Waals surface area contributed by atoms with Crippen LogP contribution < -0.4 is 11.0 Å². The van der Waals surface area contributed by atoms with Crippen molar-refractivity contribution in [2.24, 2.45) is 0 Å². The number of H-pyrrole nitrogens is 1. The zero-order valence-electron chi connectivity index (χ0n) is 13.6. The molecular formula is C18H13N3O3S2.